The summed E-state index contributed by atoms with van der Waals surface area (Å²) in [5.41, 5.74) is 0.927. The van der Waals surface area contributed by atoms with Crippen molar-refractivity contribution < 1.29 is 0 Å². The molecule has 1 N–H and O–H groups in total. The van der Waals surface area contributed by atoms with Gasteiger partial charge in [0.15, 0.2) is 0 Å². The molecule has 0 bridgehead atoms. The second-order valence-corrected chi connectivity index (χ2v) is 5.00. The van der Waals surface area contributed by atoms with Crippen LogP contribution in [0.25, 0.3) is 0 Å². The first-order valence-corrected chi connectivity index (χ1v) is 6.38. The van der Waals surface area contributed by atoms with E-state index in [4.69, 9.17) is 34.8 Å². The van der Waals surface area contributed by atoms with Gasteiger partial charge in [0.1, 0.15) is 17.2 Å². The third-order valence-electron chi connectivity index (χ3n) is 2.45. The van der Waals surface area contributed by atoms with Crippen molar-refractivity contribution in [1.29, 1.82) is 0 Å². The van der Waals surface area contributed by atoms with Crippen molar-refractivity contribution in [1.82, 2.24) is 9.97 Å². The van der Waals surface area contributed by atoms with Crippen LogP contribution in [0.5, 0.6) is 0 Å². The SMILES string of the molecule is C[C@H](Nc1ncncc1Cl)c1ccc(Cl)cc1Cl. The molecular formula is C12H10Cl3N3. The number of nitrogens with one attached hydrogen (secondary N) is 1. The molecule has 18 heavy (non-hydrogen) atoms. The van der Waals surface area contributed by atoms with E-state index >= 15 is 0 Å². The van der Waals surface area contributed by atoms with Gasteiger partial charge >= 0.3 is 0 Å². The molecule has 0 aliphatic carbocycles. The average molecular weight is 303 g/mol. The lowest BCUT2D eigenvalue weighted by Crippen LogP contribution is -2.09. The van der Waals surface area contributed by atoms with Crippen LogP contribution in [0.4, 0.5) is 5.82 Å². The minimum Gasteiger partial charge on any atom is -0.362 e. The fraction of sp³-hybridized carbons (Fsp3) is 0.167. The minimum atomic E-state index is -0.0397. The molecule has 1 atom stereocenters. The Morgan fingerprint density at radius 1 is 1.17 bits per heavy atom. The zero-order valence-electron chi connectivity index (χ0n) is 9.49. The first kappa shape index (κ1) is 13.4. The molecule has 0 saturated heterocycles. The number of hydrogen-bond acceptors (Lipinski definition) is 3. The summed E-state index contributed by atoms with van der Waals surface area (Å²) >= 11 is 18.0. The summed E-state index contributed by atoms with van der Waals surface area (Å²) in [4.78, 5) is 7.90. The van der Waals surface area contributed by atoms with E-state index in [9.17, 15) is 0 Å². The fourth-order valence-electron chi connectivity index (χ4n) is 1.55. The van der Waals surface area contributed by atoms with Crippen LogP contribution in [-0.4, -0.2) is 9.97 Å². The van der Waals surface area contributed by atoms with Gasteiger partial charge in [0.05, 0.1) is 12.2 Å². The molecule has 2 rings (SSSR count). The molecule has 0 fully saturated rings. The Morgan fingerprint density at radius 3 is 2.61 bits per heavy atom. The van der Waals surface area contributed by atoms with Crippen LogP contribution in [0.15, 0.2) is 30.7 Å². The molecular weight excluding hydrogens is 293 g/mol. The van der Waals surface area contributed by atoms with Gasteiger partial charge in [-0.2, -0.15) is 0 Å². The number of hydrogen-bond donors (Lipinski definition) is 1. The van der Waals surface area contributed by atoms with Crippen LogP contribution >= 0.6 is 34.8 Å². The molecule has 0 saturated carbocycles. The van der Waals surface area contributed by atoms with E-state index in [2.05, 4.69) is 15.3 Å². The van der Waals surface area contributed by atoms with Crippen molar-refractivity contribution in [2.45, 2.75) is 13.0 Å². The normalized spacial score (nSPS) is 12.2. The first-order chi connectivity index (χ1) is 8.58. The smallest absolute Gasteiger partial charge is 0.148 e. The molecule has 1 aromatic carbocycles. The van der Waals surface area contributed by atoms with Crippen LogP contribution in [-0.2, 0) is 0 Å². The molecule has 0 aliphatic rings. The lowest BCUT2D eigenvalue weighted by Gasteiger charge is -2.16. The molecule has 0 amide bonds. The largest absolute Gasteiger partial charge is 0.362 e. The average Bonchev–Trinajstić information content (AvgIpc) is 2.32. The van der Waals surface area contributed by atoms with Crippen LogP contribution < -0.4 is 5.32 Å². The Hall–Kier alpha value is -1.03. The second-order valence-electron chi connectivity index (χ2n) is 3.75. The summed E-state index contributed by atoms with van der Waals surface area (Å²) < 4.78 is 0. The van der Waals surface area contributed by atoms with Gasteiger partial charge in [0, 0.05) is 10.0 Å². The van der Waals surface area contributed by atoms with Crippen LogP contribution in [0.3, 0.4) is 0 Å². The summed E-state index contributed by atoms with van der Waals surface area (Å²) in [6.07, 6.45) is 2.97. The Morgan fingerprint density at radius 2 is 1.94 bits per heavy atom. The van der Waals surface area contributed by atoms with Gasteiger partial charge in [0.2, 0.25) is 0 Å². The summed E-state index contributed by atoms with van der Waals surface area (Å²) in [5, 5.41) is 4.85. The van der Waals surface area contributed by atoms with E-state index in [1.54, 1.807) is 12.1 Å². The van der Waals surface area contributed by atoms with Gasteiger partial charge in [0.25, 0.3) is 0 Å². The maximum Gasteiger partial charge on any atom is 0.148 e. The number of benzene rings is 1. The molecule has 0 radical (unpaired) electrons. The highest BCUT2D eigenvalue weighted by atomic mass is 35.5. The summed E-state index contributed by atoms with van der Waals surface area (Å²) in [6.45, 7) is 1.97. The maximum atomic E-state index is 6.14. The van der Waals surface area contributed by atoms with E-state index in [0.29, 0.717) is 20.9 Å². The molecule has 94 valence electrons. The quantitative estimate of drug-likeness (QED) is 0.899. The molecule has 0 unspecified atom stereocenters. The Kier molecular flexibility index (Phi) is 4.27. The highest BCUT2D eigenvalue weighted by Gasteiger charge is 2.12. The Bertz CT molecular complexity index is 560. The molecule has 6 heteroatoms. The molecule has 0 spiro atoms. The molecule has 2 aromatic rings. The Balaban J connectivity index is 2.22. The summed E-state index contributed by atoms with van der Waals surface area (Å²) in [6, 6.07) is 5.33. The predicted octanol–water partition coefficient (Wildman–Crippen LogP) is 4.61. The third kappa shape index (κ3) is 3.05. The van der Waals surface area contributed by atoms with Crippen molar-refractivity contribution in [3.05, 3.63) is 51.4 Å². The van der Waals surface area contributed by atoms with E-state index < -0.39 is 0 Å². The number of rotatable bonds is 3. The van der Waals surface area contributed by atoms with E-state index in [-0.39, 0.29) is 6.04 Å². The minimum absolute atomic E-state index is 0.0397. The maximum absolute atomic E-state index is 6.14. The lowest BCUT2D eigenvalue weighted by molar-refractivity contribution is 0.872. The van der Waals surface area contributed by atoms with Crippen molar-refractivity contribution in [3.8, 4) is 0 Å². The second kappa shape index (κ2) is 5.74. The van der Waals surface area contributed by atoms with Gasteiger partial charge in [-0.1, -0.05) is 40.9 Å². The topological polar surface area (TPSA) is 37.8 Å². The van der Waals surface area contributed by atoms with E-state index in [0.717, 1.165) is 5.56 Å². The first-order valence-electron chi connectivity index (χ1n) is 5.25. The molecule has 3 nitrogen and oxygen atoms in total. The molecule has 0 aliphatic heterocycles. The highest BCUT2D eigenvalue weighted by Crippen LogP contribution is 2.29. The summed E-state index contributed by atoms with van der Waals surface area (Å²) in [7, 11) is 0. The zero-order chi connectivity index (χ0) is 13.1. The fourth-order valence-corrected chi connectivity index (χ4v) is 2.29. The standard InChI is InChI=1S/C12H10Cl3N3/c1-7(9-3-2-8(13)4-10(9)14)18-12-11(15)5-16-6-17-12/h2-7H,1H3,(H,16,17,18)/t7-/m0/s1. The number of aromatic nitrogens is 2. The van der Waals surface area contributed by atoms with Crippen LogP contribution in [0.1, 0.15) is 18.5 Å². The Labute approximate surface area is 120 Å². The van der Waals surface area contributed by atoms with Crippen molar-refractivity contribution in [2.24, 2.45) is 0 Å². The monoisotopic (exact) mass is 301 g/mol. The van der Waals surface area contributed by atoms with Gasteiger partial charge in [-0.15, -0.1) is 0 Å². The number of nitrogens with zero attached hydrogens (tertiary/aromatic N) is 2. The van der Waals surface area contributed by atoms with Gasteiger partial charge in [-0.05, 0) is 24.6 Å². The summed E-state index contributed by atoms with van der Waals surface area (Å²) in [5.74, 6) is 0.574. The van der Waals surface area contributed by atoms with Crippen molar-refractivity contribution >= 4 is 40.6 Å². The van der Waals surface area contributed by atoms with Crippen molar-refractivity contribution in [3.63, 3.8) is 0 Å². The predicted molar refractivity (Wildman–Crippen MR) is 75.5 cm³/mol. The zero-order valence-corrected chi connectivity index (χ0v) is 11.8. The van der Waals surface area contributed by atoms with Crippen LogP contribution in [0.2, 0.25) is 15.1 Å². The molecule has 1 heterocycles. The lowest BCUT2D eigenvalue weighted by atomic mass is 10.1. The third-order valence-corrected chi connectivity index (χ3v) is 3.29. The van der Waals surface area contributed by atoms with Crippen LogP contribution in [0, 0.1) is 0 Å². The van der Waals surface area contributed by atoms with Gasteiger partial charge in [-0.3, -0.25) is 0 Å². The molecule has 1 aromatic heterocycles. The number of anilines is 1. The van der Waals surface area contributed by atoms with Gasteiger partial charge in [-0.25, -0.2) is 9.97 Å². The van der Waals surface area contributed by atoms with Gasteiger partial charge < -0.3 is 5.32 Å². The highest BCUT2D eigenvalue weighted by molar-refractivity contribution is 6.35. The van der Waals surface area contributed by atoms with E-state index in [1.807, 2.05) is 13.0 Å². The number of halogens is 3. The van der Waals surface area contributed by atoms with E-state index in [1.165, 1.54) is 12.5 Å². The van der Waals surface area contributed by atoms with Crippen molar-refractivity contribution in [2.75, 3.05) is 5.32 Å².